The highest BCUT2D eigenvalue weighted by atomic mass is 19.1. The summed E-state index contributed by atoms with van der Waals surface area (Å²) in [4.78, 5) is 35.3. The van der Waals surface area contributed by atoms with Crippen molar-refractivity contribution in [2.75, 3.05) is 23.7 Å². The summed E-state index contributed by atoms with van der Waals surface area (Å²) in [7, 11) is 0. The zero-order valence-electron chi connectivity index (χ0n) is 19.3. The van der Waals surface area contributed by atoms with Crippen LogP contribution in [0.1, 0.15) is 44.9 Å². The van der Waals surface area contributed by atoms with Crippen LogP contribution in [0.25, 0.3) is 11.3 Å². The molecule has 7 nitrogen and oxygen atoms in total. The van der Waals surface area contributed by atoms with Crippen LogP contribution in [0.4, 0.5) is 21.6 Å². The van der Waals surface area contributed by atoms with Gasteiger partial charge < -0.3 is 15.5 Å². The van der Waals surface area contributed by atoms with Crippen LogP contribution in [0, 0.1) is 5.82 Å². The van der Waals surface area contributed by atoms with Crippen molar-refractivity contribution in [2.24, 2.45) is 0 Å². The Morgan fingerprint density at radius 2 is 1.88 bits per heavy atom. The maximum atomic E-state index is 13.7. The Balaban J connectivity index is 1.72. The van der Waals surface area contributed by atoms with Gasteiger partial charge in [0.25, 0.3) is 0 Å². The standard InChI is InChI=1S/C26H28FN5O2/c1-3-25(34)32-12-6-8-19(16-32)26-30-23(18-7-4-10-21(13-18)28-17(2)33)15-24(31-26)29-22-11-5-9-20(27)14-22/h4-5,7,9-11,13-15,19H,3,6,8,12,16H2,1-2H3,(H,28,33)(H,29,30,31). The fourth-order valence-corrected chi connectivity index (χ4v) is 4.17. The average Bonchev–Trinajstić information content (AvgIpc) is 2.83. The molecule has 2 heterocycles. The van der Waals surface area contributed by atoms with Crippen molar-refractivity contribution in [3.63, 3.8) is 0 Å². The number of aromatic nitrogens is 2. The van der Waals surface area contributed by atoms with Gasteiger partial charge in [-0.25, -0.2) is 14.4 Å². The molecule has 176 valence electrons. The SMILES string of the molecule is CCC(=O)N1CCCC(c2nc(Nc3cccc(F)c3)cc(-c3cccc(NC(C)=O)c3)n2)C1. The van der Waals surface area contributed by atoms with Crippen molar-refractivity contribution in [3.8, 4) is 11.3 Å². The van der Waals surface area contributed by atoms with Gasteiger partial charge in [-0.3, -0.25) is 9.59 Å². The van der Waals surface area contributed by atoms with Crippen molar-refractivity contribution in [1.29, 1.82) is 0 Å². The monoisotopic (exact) mass is 461 g/mol. The highest BCUT2D eigenvalue weighted by Crippen LogP contribution is 2.30. The quantitative estimate of drug-likeness (QED) is 0.533. The molecule has 1 saturated heterocycles. The van der Waals surface area contributed by atoms with Crippen LogP contribution in [-0.2, 0) is 9.59 Å². The number of nitrogens with one attached hydrogen (secondary N) is 2. The summed E-state index contributed by atoms with van der Waals surface area (Å²) in [5.41, 5.74) is 2.74. The number of amides is 2. The minimum Gasteiger partial charge on any atom is -0.342 e. The molecule has 1 unspecified atom stereocenters. The van der Waals surface area contributed by atoms with E-state index in [4.69, 9.17) is 9.97 Å². The summed E-state index contributed by atoms with van der Waals surface area (Å²) in [6.07, 6.45) is 2.23. The molecule has 1 atom stereocenters. The lowest BCUT2D eigenvalue weighted by atomic mass is 9.96. The molecule has 1 aliphatic heterocycles. The number of piperidine rings is 1. The number of halogens is 1. The largest absolute Gasteiger partial charge is 0.342 e. The van der Waals surface area contributed by atoms with E-state index in [2.05, 4.69) is 10.6 Å². The van der Waals surface area contributed by atoms with Gasteiger partial charge in [-0.15, -0.1) is 0 Å². The lowest BCUT2D eigenvalue weighted by molar-refractivity contribution is -0.132. The van der Waals surface area contributed by atoms with Crippen LogP contribution in [0.3, 0.4) is 0 Å². The Kier molecular flexibility index (Phi) is 7.15. The second kappa shape index (κ2) is 10.4. The molecule has 2 N–H and O–H groups in total. The van der Waals surface area contributed by atoms with Crippen molar-refractivity contribution < 1.29 is 14.0 Å². The molecule has 1 aromatic heterocycles. The van der Waals surface area contributed by atoms with E-state index >= 15 is 0 Å². The van der Waals surface area contributed by atoms with Crippen LogP contribution < -0.4 is 10.6 Å². The van der Waals surface area contributed by atoms with E-state index in [1.54, 1.807) is 18.2 Å². The van der Waals surface area contributed by atoms with E-state index in [1.807, 2.05) is 36.1 Å². The molecule has 3 aromatic rings. The predicted octanol–water partition coefficient (Wildman–Crippen LogP) is 5.10. The maximum Gasteiger partial charge on any atom is 0.222 e. The van der Waals surface area contributed by atoms with Crippen molar-refractivity contribution in [2.45, 2.75) is 39.0 Å². The maximum absolute atomic E-state index is 13.7. The van der Waals surface area contributed by atoms with Gasteiger partial charge in [0.1, 0.15) is 17.5 Å². The zero-order valence-corrected chi connectivity index (χ0v) is 19.3. The van der Waals surface area contributed by atoms with E-state index in [1.165, 1.54) is 19.1 Å². The van der Waals surface area contributed by atoms with E-state index in [-0.39, 0.29) is 23.5 Å². The van der Waals surface area contributed by atoms with Gasteiger partial charge in [0.15, 0.2) is 0 Å². The first-order chi connectivity index (χ1) is 16.4. The number of carbonyl (C=O) groups excluding carboxylic acids is 2. The molecular formula is C26H28FN5O2. The molecule has 0 bridgehead atoms. The van der Waals surface area contributed by atoms with Gasteiger partial charge in [0, 0.05) is 55.4 Å². The Bertz CT molecular complexity index is 1200. The molecule has 0 spiro atoms. The summed E-state index contributed by atoms with van der Waals surface area (Å²) in [6, 6.07) is 15.4. The fourth-order valence-electron chi connectivity index (χ4n) is 4.17. The molecule has 34 heavy (non-hydrogen) atoms. The number of carbonyl (C=O) groups is 2. The third-order valence-electron chi connectivity index (χ3n) is 5.76. The third-order valence-corrected chi connectivity index (χ3v) is 5.76. The van der Waals surface area contributed by atoms with E-state index in [0.29, 0.717) is 41.7 Å². The summed E-state index contributed by atoms with van der Waals surface area (Å²) in [6.45, 7) is 4.65. The average molecular weight is 462 g/mol. The first kappa shape index (κ1) is 23.4. The summed E-state index contributed by atoms with van der Waals surface area (Å²) >= 11 is 0. The number of anilines is 3. The molecule has 2 amide bonds. The Morgan fingerprint density at radius 1 is 1.09 bits per heavy atom. The Morgan fingerprint density at radius 3 is 2.65 bits per heavy atom. The number of rotatable bonds is 6. The highest BCUT2D eigenvalue weighted by Gasteiger charge is 2.26. The number of likely N-dealkylation sites (tertiary alicyclic amines) is 1. The van der Waals surface area contributed by atoms with Gasteiger partial charge in [0.2, 0.25) is 11.8 Å². The summed E-state index contributed by atoms with van der Waals surface area (Å²) in [5, 5.41) is 5.98. The molecule has 1 fully saturated rings. The third kappa shape index (κ3) is 5.75. The van der Waals surface area contributed by atoms with Crippen LogP contribution >= 0.6 is 0 Å². The Labute approximate surface area is 198 Å². The summed E-state index contributed by atoms with van der Waals surface area (Å²) < 4.78 is 13.7. The predicted molar refractivity (Wildman–Crippen MR) is 130 cm³/mol. The number of hydrogen-bond donors (Lipinski definition) is 2. The number of nitrogens with zero attached hydrogens (tertiary/aromatic N) is 3. The molecule has 8 heteroatoms. The van der Waals surface area contributed by atoms with Gasteiger partial charge in [0.05, 0.1) is 5.69 Å². The van der Waals surface area contributed by atoms with Crippen molar-refractivity contribution >= 4 is 29.0 Å². The smallest absolute Gasteiger partial charge is 0.222 e. The second-order valence-electron chi connectivity index (χ2n) is 8.43. The number of benzene rings is 2. The topological polar surface area (TPSA) is 87.2 Å². The van der Waals surface area contributed by atoms with Gasteiger partial charge in [-0.2, -0.15) is 0 Å². The van der Waals surface area contributed by atoms with Crippen molar-refractivity contribution in [3.05, 3.63) is 66.2 Å². The van der Waals surface area contributed by atoms with Crippen molar-refractivity contribution in [1.82, 2.24) is 14.9 Å². The van der Waals surface area contributed by atoms with E-state index in [9.17, 15) is 14.0 Å². The van der Waals surface area contributed by atoms with E-state index < -0.39 is 0 Å². The molecule has 1 aliphatic rings. The lowest BCUT2D eigenvalue weighted by Crippen LogP contribution is -2.39. The molecule has 0 saturated carbocycles. The molecule has 4 rings (SSSR count). The van der Waals surface area contributed by atoms with Crippen LogP contribution in [0.2, 0.25) is 0 Å². The Hall–Kier alpha value is -3.81. The fraction of sp³-hybridized carbons (Fsp3) is 0.308. The minimum atomic E-state index is -0.344. The minimum absolute atomic E-state index is 0.00390. The summed E-state index contributed by atoms with van der Waals surface area (Å²) in [5.74, 6) is 0.794. The molecule has 2 aromatic carbocycles. The molecular weight excluding hydrogens is 433 g/mol. The van der Waals surface area contributed by atoms with Crippen LogP contribution in [-0.4, -0.2) is 39.8 Å². The van der Waals surface area contributed by atoms with Crippen LogP contribution in [0.5, 0.6) is 0 Å². The van der Waals surface area contributed by atoms with Gasteiger partial charge in [-0.05, 0) is 43.2 Å². The zero-order chi connectivity index (χ0) is 24.1. The first-order valence-corrected chi connectivity index (χ1v) is 11.5. The van der Waals surface area contributed by atoms with Gasteiger partial charge >= 0.3 is 0 Å². The lowest BCUT2D eigenvalue weighted by Gasteiger charge is -2.32. The molecule has 0 aliphatic carbocycles. The normalized spacial score (nSPS) is 15.6. The number of hydrogen-bond acceptors (Lipinski definition) is 5. The molecule has 0 radical (unpaired) electrons. The van der Waals surface area contributed by atoms with Gasteiger partial charge in [-0.1, -0.05) is 25.1 Å². The first-order valence-electron chi connectivity index (χ1n) is 11.5. The highest BCUT2D eigenvalue weighted by molar-refractivity contribution is 5.89. The second-order valence-corrected chi connectivity index (χ2v) is 8.43. The van der Waals surface area contributed by atoms with Crippen LogP contribution in [0.15, 0.2) is 54.6 Å². The van der Waals surface area contributed by atoms with E-state index in [0.717, 1.165) is 24.9 Å².